The number of carbonyl (C=O) groups excluding carboxylic acids is 1. The van der Waals surface area contributed by atoms with E-state index < -0.39 is 0 Å². The first kappa shape index (κ1) is 19.9. The number of anilines is 2. The van der Waals surface area contributed by atoms with Crippen molar-refractivity contribution >= 4 is 17.4 Å². The summed E-state index contributed by atoms with van der Waals surface area (Å²) in [5, 5.41) is 3.37. The summed E-state index contributed by atoms with van der Waals surface area (Å²) in [6.07, 6.45) is 5.07. The molecule has 0 radical (unpaired) electrons. The lowest BCUT2D eigenvalue weighted by molar-refractivity contribution is 0.0749. The summed E-state index contributed by atoms with van der Waals surface area (Å²) in [6.45, 7) is 12.1. The van der Waals surface area contributed by atoms with Gasteiger partial charge in [-0.25, -0.2) is 9.97 Å². The summed E-state index contributed by atoms with van der Waals surface area (Å²) in [7, 11) is 0. The van der Waals surface area contributed by atoms with Gasteiger partial charge in [0.1, 0.15) is 11.5 Å². The number of carbonyl (C=O) groups is 1. The number of benzene rings is 1. The van der Waals surface area contributed by atoms with Crippen LogP contribution in [0.3, 0.4) is 0 Å². The largest absolute Gasteiger partial charge is 0.338 e. The number of nitrogens with zero attached hydrogens (tertiary/aromatic N) is 3. The molecule has 5 nitrogen and oxygen atoms in total. The fraction of sp³-hybridized carbons (Fsp3) is 0.476. The third-order valence-electron chi connectivity index (χ3n) is 4.33. The lowest BCUT2D eigenvalue weighted by Crippen LogP contribution is -2.33. The van der Waals surface area contributed by atoms with E-state index in [1.165, 1.54) is 5.56 Å². The van der Waals surface area contributed by atoms with Gasteiger partial charge in [-0.15, -0.1) is 0 Å². The molecule has 1 N–H and O–H groups in total. The molecule has 0 bridgehead atoms. The Labute approximate surface area is 156 Å². The van der Waals surface area contributed by atoms with Crippen LogP contribution in [0.4, 0.5) is 11.5 Å². The molecule has 0 saturated heterocycles. The van der Waals surface area contributed by atoms with Crippen LogP contribution in [0.2, 0.25) is 0 Å². The lowest BCUT2D eigenvalue weighted by atomic mass is 9.98. The van der Waals surface area contributed by atoms with Gasteiger partial charge in [0.05, 0.1) is 12.4 Å². The van der Waals surface area contributed by atoms with E-state index in [1.54, 1.807) is 12.4 Å². The second kappa shape index (κ2) is 9.32. The van der Waals surface area contributed by atoms with Gasteiger partial charge in [0.15, 0.2) is 0 Å². The quantitative estimate of drug-likeness (QED) is 0.731. The molecule has 2 aromatic rings. The van der Waals surface area contributed by atoms with Crippen molar-refractivity contribution in [1.29, 1.82) is 0 Å². The van der Waals surface area contributed by atoms with E-state index in [4.69, 9.17) is 0 Å². The maximum atomic E-state index is 12.6. The summed E-state index contributed by atoms with van der Waals surface area (Å²) in [5.41, 5.74) is 3.86. The van der Waals surface area contributed by atoms with Crippen LogP contribution in [0, 0.1) is 6.92 Å². The first-order chi connectivity index (χ1) is 12.5. The monoisotopic (exact) mass is 354 g/mol. The topological polar surface area (TPSA) is 58.1 Å². The Morgan fingerprint density at radius 1 is 1.12 bits per heavy atom. The number of rotatable bonds is 8. The van der Waals surface area contributed by atoms with Crippen molar-refractivity contribution in [2.75, 3.05) is 18.4 Å². The minimum absolute atomic E-state index is 0.0495. The van der Waals surface area contributed by atoms with Crippen molar-refractivity contribution in [3.63, 3.8) is 0 Å². The molecule has 0 spiro atoms. The minimum Gasteiger partial charge on any atom is -0.338 e. The fourth-order valence-corrected chi connectivity index (χ4v) is 2.99. The molecule has 1 aromatic heterocycles. The zero-order valence-electron chi connectivity index (χ0n) is 16.5. The molecule has 140 valence electrons. The average molecular weight is 354 g/mol. The molecule has 1 heterocycles. The smallest absolute Gasteiger partial charge is 0.274 e. The van der Waals surface area contributed by atoms with Gasteiger partial charge >= 0.3 is 0 Å². The van der Waals surface area contributed by atoms with E-state index in [0.717, 1.165) is 37.2 Å². The van der Waals surface area contributed by atoms with Crippen LogP contribution < -0.4 is 5.32 Å². The minimum atomic E-state index is -0.0495. The highest BCUT2D eigenvalue weighted by molar-refractivity contribution is 5.92. The number of para-hydroxylation sites is 1. The highest BCUT2D eigenvalue weighted by atomic mass is 16.2. The zero-order chi connectivity index (χ0) is 19.1. The SMILES string of the molecule is CCCN(CCC)C(=O)c1cnc(Nc2c(C)cccc2C(C)C)cn1. The zero-order valence-corrected chi connectivity index (χ0v) is 16.5. The molecule has 0 fully saturated rings. The molecular weight excluding hydrogens is 324 g/mol. The van der Waals surface area contributed by atoms with Crippen LogP contribution in [-0.2, 0) is 0 Å². The van der Waals surface area contributed by atoms with E-state index >= 15 is 0 Å². The molecule has 2 rings (SSSR count). The van der Waals surface area contributed by atoms with Gasteiger partial charge in [0, 0.05) is 18.8 Å². The van der Waals surface area contributed by atoms with Crippen molar-refractivity contribution in [1.82, 2.24) is 14.9 Å². The fourth-order valence-electron chi connectivity index (χ4n) is 2.99. The highest BCUT2D eigenvalue weighted by Crippen LogP contribution is 2.29. The molecular formula is C21H30N4O. The molecule has 0 saturated carbocycles. The number of hydrogen-bond donors (Lipinski definition) is 1. The normalized spacial score (nSPS) is 10.8. The van der Waals surface area contributed by atoms with Crippen molar-refractivity contribution in [2.45, 2.75) is 53.4 Å². The van der Waals surface area contributed by atoms with Crippen molar-refractivity contribution in [3.8, 4) is 0 Å². The standard InChI is InChI=1S/C21H30N4O/c1-6-11-25(12-7-2)21(26)18-13-23-19(14-22-18)24-20-16(5)9-8-10-17(20)15(3)4/h8-10,13-15H,6-7,11-12H2,1-5H3,(H,23,24). The van der Waals surface area contributed by atoms with Crippen LogP contribution in [-0.4, -0.2) is 33.9 Å². The van der Waals surface area contributed by atoms with Crippen LogP contribution in [0.25, 0.3) is 0 Å². The average Bonchev–Trinajstić information content (AvgIpc) is 2.63. The van der Waals surface area contributed by atoms with Gasteiger partial charge in [-0.1, -0.05) is 45.9 Å². The Kier molecular flexibility index (Phi) is 7.13. The maximum absolute atomic E-state index is 12.6. The maximum Gasteiger partial charge on any atom is 0.274 e. The molecule has 0 aliphatic rings. The van der Waals surface area contributed by atoms with Gasteiger partial charge < -0.3 is 10.2 Å². The number of aromatic nitrogens is 2. The molecule has 1 aromatic carbocycles. The number of amides is 1. The molecule has 1 amide bonds. The Bertz CT molecular complexity index is 719. The Balaban J connectivity index is 2.19. The van der Waals surface area contributed by atoms with Gasteiger partial charge in [0.2, 0.25) is 0 Å². The van der Waals surface area contributed by atoms with E-state index in [2.05, 4.69) is 68.1 Å². The van der Waals surface area contributed by atoms with Crippen LogP contribution in [0.1, 0.15) is 68.1 Å². The summed E-state index contributed by atoms with van der Waals surface area (Å²) in [5.74, 6) is 1.00. The van der Waals surface area contributed by atoms with Crippen LogP contribution in [0.5, 0.6) is 0 Å². The van der Waals surface area contributed by atoms with Crippen LogP contribution in [0.15, 0.2) is 30.6 Å². The van der Waals surface area contributed by atoms with E-state index in [0.29, 0.717) is 17.4 Å². The third kappa shape index (κ3) is 4.81. The second-order valence-electron chi connectivity index (χ2n) is 6.90. The highest BCUT2D eigenvalue weighted by Gasteiger charge is 2.16. The van der Waals surface area contributed by atoms with Crippen molar-refractivity contribution < 1.29 is 4.79 Å². The molecule has 0 unspecified atom stereocenters. The van der Waals surface area contributed by atoms with Gasteiger partial charge in [-0.05, 0) is 36.8 Å². The molecule has 0 aliphatic heterocycles. The predicted octanol–water partition coefficient (Wildman–Crippen LogP) is 4.91. The number of hydrogen-bond acceptors (Lipinski definition) is 4. The predicted molar refractivity (Wildman–Crippen MR) is 107 cm³/mol. The van der Waals surface area contributed by atoms with Crippen LogP contribution >= 0.6 is 0 Å². The second-order valence-corrected chi connectivity index (χ2v) is 6.90. The lowest BCUT2D eigenvalue weighted by Gasteiger charge is -2.21. The van der Waals surface area contributed by atoms with Crippen molar-refractivity contribution in [2.24, 2.45) is 0 Å². The third-order valence-corrected chi connectivity index (χ3v) is 4.33. The van der Waals surface area contributed by atoms with E-state index in [-0.39, 0.29) is 5.91 Å². The summed E-state index contributed by atoms with van der Waals surface area (Å²) < 4.78 is 0. The summed E-state index contributed by atoms with van der Waals surface area (Å²) >= 11 is 0. The first-order valence-electron chi connectivity index (χ1n) is 9.45. The molecule has 5 heteroatoms. The van der Waals surface area contributed by atoms with E-state index in [9.17, 15) is 4.79 Å². The summed E-state index contributed by atoms with van der Waals surface area (Å²) in [6, 6.07) is 6.27. The van der Waals surface area contributed by atoms with Gasteiger partial charge in [-0.3, -0.25) is 4.79 Å². The Morgan fingerprint density at radius 3 is 2.35 bits per heavy atom. The molecule has 0 aliphatic carbocycles. The number of nitrogens with one attached hydrogen (secondary N) is 1. The first-order valence-corrected chi connectivity index (χ1v) is 9.45. The van der Waals surface area contributed by atoms with Gasteiger partial charge in [0.25, 0.3) is 5.91 Å². The summed E-state index contributed by atoms with van der Waals surface area (Å²) in [4.78, 5) is 23.2. The Hall–Kier alpha value is -2.43. The molecule has 26 heavy (non-hydrogen) atoms. The van der Waals surface area contributed by atoms with Crippen molar-refractivity contribution in [3.05, 3.63) is 47.4 Å². The van der Waals surface area contributed by atoms with Gasteiger partial charge in [-0.2, -0.15) is 0 Å². The van der Waals surface area contributed by atoms with E-state index in [1.807, 2.05) is 4.90 Å². The molecule has 0 atom stereocenters. The Morgan fingerprint density at radius 2 is 1.81 bits per heavy atom. The number of aryl methyl sites for hydroxylation is 1.